The van der Waals surface area contributed by atoms with E-state index >= 15 is 0 Å². The Morgan fingerprint density at radius 1 is 1.21 bits per heavy atom. The van der Waals surface area contributed by atoms with Gasteiger partial charge in [0.1, 0.15) is 5.41 Å². The number of fused-ring (bicyclic) bond motifs is 2. The first-order valence-electron chi connectivity index (χ1n) is 14.2. The van der Waals surface area contributed by atoms with Crippen molar-refractivity contribution < 1.29 is 33.3 Å². The highest BCUT2D eigenvalue weighted by Crippen LogP contribution is 2.56. The highest BCUT2D eigenvalue weighted by Gasteiger charge is 2.63. The third kappa shape index (κ3) is 5.25. The van der Waals surface area contributed by atoms with Gasteiger partial charge in [0.15, 0.2) is 11.5 Å². The molecule has 4 aliphatic rings. The molecule has 0 spiro atoms. The second-order valence-electron chi connectivity index (χ2n) is 11.5. The largest absolute Gasteiger partial charge is 0.468 e. The van der Waals surface area contributed by atoms with Crippen molar-refractivity contribution in [3.8, 4) is 11.5 Å². The van der Waals surface area contributed by atoms with Crippen LogP contribution in [0.4, 0.5) is 0 Å². The van der Waals surface area contributed by atoms with Gasteiger partial charge in [-0.15, -0.1) is 0 Å². The monoisotopic (exact) mass is 540 g/mol. The van der Waals surface area contributed by atoms with E-state index in [4.69, 9.17) is 18.9 Å². The van der Waals surface area contributed by atoms with Crippen LogP contribution < -0.4 is 14.8 Å². The van der Waals surface area contributed by atoms with Crippen LogP contribution in [0.25, 0.3) is 0 Å². The van der Waals surface area contributed by atoms with E-state index in [1.807, 2.05) is 24.3 Å². The molecule has 1 aromatic rings. The first kappa shape index (κ1) is 27.5. The Kier molecular flexibility index (Phi) is 7.89. The van der Waals surface area contributed by atoms with Crippen molar-refractivity contribution in [2.24, 2.45) is 23.2 Å². The molecule has 2 fully saturated rings. The number of carbonyl (C=O) groups excluding carboxylic acids is 3. The number of amides is 2. The molecule has 9 nitrogen and oxygen atoms in total. The molecule has 0 unspecified atom stereocenters. The van der Waals surface area contributed by atoms with Crippen LogP contribution in [0.1, 0.15) is 64.9 Å². The van der Waals surface area contributed by atoms with Crippen molar-refractivity contribution in [1.29, 1.82) is 0 Å². The lowest BCUT2D eigenvalue weighted by Gasteiger charge is -2.53. The number of piperidine rings is 1. The number of nitrogens with zero attached hydrogens (tertiary/aromatic N) is 1. The SMILES string of the molecule is CCCCNC(=O)C[C@H]1C[C@@]2(C(=O)OC)C(=C[C@H](C(C)C)O[C@@H]2C2CC2)N(Cc2ccc3c(c2)OCO3)C1=O. The van der Waals surface area contributed by atoms with Crippen LogP contribution in [-0.4, -0.2) is 55.3 Å². The fraction of sp³-hybridized carbons (Fsp3) is 0.633. The minimum atomic E-state index is -1.17. The maximum atomic E-state index is 14.2. The van der Waals surface area contributed by atoms with Crippen LogP contribution in [0.5, 0.6) is 11.5 Å². The van der Waals surface area contributed by atoms with Gasteiger partial charge in [-0.1, -0.05) is 33.3 Å². The van der Waals surface area contributed by atoms with Gasteiger partial charge in [0.05, 0.1) is 25.9 Å². The van der Waals surface area contributed by atoms with Crippen molar-refractivity contribution in [2.75, 3.05) is 20.4 Å². The molecule has 5 rings (SSSR count). The summed E-state index contributed by atoms with van der Waals surface area (Å²) >= 11 is 0. The van der Waals surface area contributed by atoms with Crippen LogP contribution >= 0.6 is 0 Å². The topological polar surface area (TPSA) is 103 Å². The zero-order chi connectivity index (χ0) is 27.7. The molecule has 0 aromatic heterocycles. The van der Waals surface area contributed by atoms with Gasteiger partial charge in [-0.3, -0.25) is 14.4 Å². The molecule has 1 aliphatic carbocycles. The summed E-state index contributed by atoms with van der Waals surface area (Å²) in [5, 5.41) is 2.94. The first-order chi connectivity index (χ1) is 18.8. The Morgan fingerprint density at radius 2 is 1.97 bits per heavy atom. The van der Waals surface area contributed by atoms with Crippen LogP contribution in [0.15, 0.2) is 30.0 Å². The summed E-state index contributed by atoms with van der Waals surface area (Å²) in [5.41, 5.74) is 0.317. The molecule has 1 saturated heterocycles. The molecule has 1 aromatic carbocycles. The van der Waals surface area contributed by atoms with Crippen molar-refractivity contribution in [1.82, 2.24) is 10.2 Å². The molecule has 9 heteroatoms. The van der Waals surface area contributed by atoms with E-state index in [-0.39, 0.29) is 55.9 Å². The van der Waals surface area contributed by atoms with Gasteiger partial charge in [0, 0.05) is 24.6 Å². The summed E-state index contributed by atoms with van der Waals surface area (Å²) in [5.74, 6) is 0.200. The molecule has 39 heavy (non-hydrogen) atoms. The third-order valence-electron chi connectivity index (χ3n) is 8.36. The van der Waals surface area contributed by atoms with Gasteiger partial charge in [0.25, 0.3) is 0 Å². The van der Waals surface area contributed by atoms with Gasteiger partial charge in [0.2, 0.25) is 18.6 Å². The second kappa shape index (κ2) is 11.2. The smallest absolute Gasteiger partial charge is 0.320 e. The van der Waals surface area contributed by atoms with E-state index in [0.717, 1.165) is 31.2 Å². The molecule has 3 aliphatic heterocycles. The highest BCUT2D eigenvalue weighted by atomic mass is 16.7. The summed E-state index contributed by atoms with van der Waals surface area (Å²) in [6, 6.07) is 5.61. The maximum Gasteiger partial charge on any atom is 0.320 e. The summed E-state index contributed by atoms with van der Waals surface area (Å²) in [4.78, 5) is 42.6. The predicted octanol–water partition coefficient (Wildman–Crippen LogP) is 3.95. The molecule has 4 atom stereocenters. The minimum absolute atomic E-state index is 0.0111. The van der Waals surface area contributed by atoms with Crippen LogP contribution in [0, 0.1) is 23.2 Å². The van der Waals surface area contributed by atoms with E-state index in [9.17, 15) is 14.4 Å². The van der Waals surface area contributed by atoms with Crippen LogP contribution in [0.2, 0.25) is 0 Å². The quantitative estimate of drug-likeness (QED) is 0.354. The Hall–Kier alpha value is -3.07. The number of nitrogens with one attached hydrogen (secondary N) is 1. The number of esters is 1. The number of unbranched alkanes of at least 4 members (excludes halogenated alkanes) is 1. The number of hydrogen-bond donors (Lipinski definition) is 1. The fourth-order valence-electron chi connectivity index (χ4n) is 6.13. The van der Waals surface area contributed by atoms with Crippen molar-refractivity contribution in [3.05, 3.63) is 35.5 Å². The predicted molar refractivity (Wildman–Crippen MR) is 143 cm³/mol. The van der Waals surface area contributed by atoms with Gasteiger partial charge in [-0.2, -0.15) is 0 Å². The van der Waals surface area contributed by atoms with Gasteiger partial charge in [-0.25, -0.2) is 0 Å². The molecule has 1 N–H and O–H groups in total. The molecule has 0 radical (unpaired) electrons. The Morgan fingerprint density at radius 3 is 2.67 bits per heavy atom. The fourth-order valence-corrected chi connectivity index (χ4v) is 6.13. The molecule has 0 bridgehead atoms. The lowest BCUT2D eigenvalue weighted by atomic mass is 9.64. The van der Waals surface area contributed by atoms with E-state index < -0.39 is 23.4 Å². The van der Waals surface area contributed by atoms with Gasteiger partial charge in [-0.05, 0) is 61.3 Å². The highest BCUT2D eigenvalue weighted by molar-refractivity contribution is 5.92. The van der Waals surface area contributed by atoms with Gasteiger partial charge < -0.3 is 29.2 Å². The number of ether oxygens (including phenoxy) is 4. The summed E-state index contributed by atoms with van der Waals surface area (Å²) < 4.78 is 23.1. The Labute approximate surface area is 230 Å². The lowest BCUT2D eigenvalue weighted by Crippen LogP contribution is -2.61. The van der Waals surface area contributed by atoms with Crippen molar-refractivity contribution >= 4 is 17.8 Å². The zero-order valence-corrected chi connectivity index (χ0v) is 23.4. The van der Waals surface area contributed by atoms with Crippen LogP contribution in [0.3, 0.4) is 0 Å². The minimum Gasteiger partial charge on any atom is -0.468 e. The number of hydrogen-bond acceptors (Lipinski definition) is 7. The number of methoxy groups -OCH3 is 1. The van der Waals surface area contributed by atoms with Crippen molar-refractivity contribution in [2.45, 2.75) is 78.0 Å². The second-order valence-corrected chi connectivity index (χ2v) is 11.5. The van der Waals surface area contributed by atoms with E-state index in [0.29, 0.717) is 23.7 Å². The maximum absolute atomic E-state index is 14.2. The van der Waals surface area contributed by atoms with E-state index in [1.165, 1.54) is 7.11 Å². The normalized spacial score (nSPS) is 27.7. The van der Waals surface area contributed by atoms with Gasteiger partial charge >= 0.3 is 5.97 Å². The van der Waals surface area contributed by atoms with Crippen molar-refractivity contribution in [3.63, 3.8) is 0 Å². The van der Waals surface area contributed by atoms with E-state index in [2.05, 4.69) is 26.1 Å². The summed E-state index contributed by atoms with van der Waals surface area (Å²) in [6.07, 6.45) is 5.23. The first-order valence-corrected chi connectivity index (χ1v) is 14.2. The molecule has 2 amide bonds. The summed E-state index contributed by atoms with van der Waals surface area (Å²) in [7, 11) is 1.39. The lowest BCUT2D eigenvalue weighted by molar-refractivity contribution is -0.182. The summed E-state index contributed by atoms with van der Waals surface area (Å²) in [6.45, 7) is 7.17. The Bertz CT molecular complexity index is 1140. The average molecular weight is 541 g/mol. The molecule has 212 valence electrons. The molecule has 1 saturated carbocycles. The molecular weight excluding hydrogens is 500 g/mol. The average Bonchev–Trinajstić information content (AvgIpc) is 3.66. The molecule has 3 heterocycles. The Balaban J connectivity index is 1.56. The number of likely N-dealkylation sites (tertiary alicyclic amines) is 1. The van der Waals surface area contributed by atoms with E-state index in [1.54, 1.807) is 4.90 Å². The number of rotatable bonds is 10. The molecular formula is C30H40N2O7. The number of carbonyl (C=O) groups is 3. The third-order valence-corrected chi connectivity index (χ3v) is 8.36. The number of benzene rings is 1. The van der Waals surface area contributed by atoms with Crippen LogP contribution in [-0.2, 0) is 30.4 Å². The standard InChI is InChI=1S/C30H40N2O7/c1-5-6-11-31-26(33)13-21-15-30(29(35)36-4)25(14-23(18(2)3)39-27(30)20-8-9-20)32(28(21)34)16-19-7-10-22-24(12-19)38-17-37-22/h7,10,12,14,18,20-21,23,27H,5-6,8-9,11,13,15-17H2,1-4H3,(H,31,33)/t21-,23+,27+,30+/m0/s1. The zero-order valence-electron chi connectivity index (χ0n) is 23.4.